The Kier molecular flexibility index (Phi) is 3.04. The Hall–Kier alpha value is -0.623. The normalized spacial score (nSPS) is 11.9. The van der Waals surface area contributed by atoms with Crippen molar-refractivity contribution in [2.24, 2.45) is 0 Å². The molecule has 12 heavy (non-hydrogen) atoms. The lowest BCUT2D eigenvalue weighted by Crippen LogP contribution is -2.34. The second-order valence-corrected chi connectivity index (χ2v) is 4.85. The van der Waals surface area contributed by atoms with E-state index in [1.807, 2.05) is 29.1 Å². The summed E-state index contributed by atoms with van der Waals surface area (Å²) < 4.78 is 1.93. The Labute approximate surface area is 72.1 Å². The topological polar surface area (TPSA) is 65.6 Å². The molecule has 68 valence electrons. The number of aryl methyl sites for hydroxylation is 1. The van der Waals surface area contributed by atoms with E-state index in [4.69, 9.17) is 14.4 Å². The molecule has 5 heteroatoms. The summed E-state index contributed by atoms with van der Waals surface area (Å²) in [5.41, 5.74) is 0. The zero-order valence-corrected chi connectivity index (χ0v) is 7.72. The summed E-state index contributed by atoms with van der Waals surface area (Å²) in [6.07, 6.45) is 4.38. The number of hydrogen-bond acceptors (Lipinski definition) is 3. The average molecular weight is 187 g/mol. The van der Waals surface area contributed by atoms with Gasteiger partial charge in [0.1, 0.15) is 0 Å². The standard InChI is InChI=1S/C7H13NO3Si/c9-12(10,11)7-3-6-8-4-1-2-5-8/h1-2,4-5,9-11H,3,6-7H2. The van der Waals surface area contributed by atoms with Crippen molar-refractivity contribution in [3.05, 3.63) is 24.5 Å². The molecule has 0 atom stereocenters. The molecular weight excluding hydrogens is 174 g/mol. The van der Waals surface area contributed by atoms with Gasteiger partial charge in [-0.15, -0.1) is 0 Å². The Bertz CT molecular complexity index is 217. The SMILES string of the molecule is O[Si](O)(O)CCCn1cccc1. The minimum atomic E-state index is -3.80. The van der Waals surface area contributed by atoms with Gasteiger partial charge in [-0.05, 0) is 18.6 Å². The fourth-order valence-corrected chi connectivity index (χ4v) is 1.65. The number of hydrogen-bond donors (Lipinski definition) is 3. The molecule has 0 amide bonds. The first-order chi connectivity index (χ1) is 5.58. The van der Waals surface area contributed by atoms with Crippen LogP contribution in [0.4, 0.5) is 0 Å². The second kappa shape index (κ2) is 3.86. The quantitative estimate of drug-likeness (QED) is 0.572. The molecule has 0 spiro atoms. The lowest BCUT2D eigenvalue weighted by molar-refractivity contribution is 0.225. The second-order valence-electron chi connectivity index (χ2n) is 2.80. The van der Waals surface area contributed by atoms with Crippen molar-refractivity contribution >= 4 is 8.80 Å². The lowest BCUT2D eigenvalue weighted by Gasteiger charge is -2.08. The highest BCUT2D eigenvalue weighted by Crippen LogP contribution is 2.03. The van der Waals surface area contributed by atoms with Gasteiger partial charge in [0.2, 0.25) is 0 Å². The molecule has 0 saturated carbocycles. The van der Waals surface area contributed by atoms with Gasteiger partial charge in [-0.25, -0.2) is 0 Å². The fraction of sp³-hybridized carbons (Fsp3) is 0.429. The van der Waals surface area contributed by atoms with Crippen molar-refractivity contribution in [1.29, 1.82) is 0 Å². The summed E-state index contributed by atoms with van der Waals surface area (Å²) in [6, 6.07) is 3.91. The third kappa shape index (κ3) is 3.68. The number of rotatable bonds is 4. The first-order valence-corrected chi connectivity index (χ1v) is 5.91. The van der Waals surface area contributed by atoms with Crippen LogP contribution in [0.1, 0.15) is 6.42 Å². The Morgan fingerprint density at radius 3 is 2.17 bits per heavy atom. The highest BCUT2D eigenvalue weighted by atomic mass is 28.4. The summed E-state index contributed by atoms with van der Waals surface area (Å²) in [6.45, 7) is 0.712. The van der Waals surface area contributed by atoms with Gasteiger partial charge in [-0.2, -0.15) is 0 Å². The largest absolute Gasteiger partial charge is 0.492 e. The van der Waals surface area contributed by atoms with Crippen LogP contribution in [0.15, 0.2) is 24.5 Å². The van der Waals surface area contributed by atoms with Crippen LogP contribution >= 0.6 is 0 Å². The highest BCUT2D eigenvalue weighted by Gasteiger charge is 2.25. The summed E-state index contributed by atoms with van der Waals surface area (Å²) in [5.74, 6) is 0. The van der Waals surface area contributed by atoms with Gasteiger partial charge in [-0.1, -0.05) is 0 Å². The van der Waals surface area contributed by atoms with Gasteiger partial charge in [-0.3, -0.25) is 0 Å². The first kappa shape index (κ1) is 9.46. The van der Waals surface area contributed by atoms with Gasteiger partial charge in [0.05, 0.1) is 0 Å². The van der Waals surface area contributed by atoms with Crippen molar-refractivity contribution in [3.63, 3.8) is 0 Å². The molecule has 0 bridgehead atoms. The van der Waals surface area contributed by atoms with Crippen molar-refractivity contribution < 1.29 is 14.4 Å². The molecule has 1 aromatic rings. The van der Waals surface area contributed by atoms with Gasteiger partial charge >= 0.3 is 8.80 Å². The predicted octanol–water partition coefficient (Wildman–Crippen LogP) is -0.206. The predicted molar refractivity (Wildman–Crippen MR) is 46.3 cm³/mol. The van der Waals surface area contributed by atoms with Crippen molar-refractivity contribution in [3.8, 4) is 0 Å². The number of nitrogens with zero attached hydrogens (tertiary/aromatic N) is 1. The van der Waals surface area contributed by atoms with Gasteiger partial charge in [0, 0.05) is 25.0 Å². The molecule has 0 fully saturated rings. The van der Waals surface area contributed by atoms with Crippen LogP contribution in [0.3, 0.4) is 0 Å². The van der Waals surface area contributed by atoms with Crippen molar-refractivity contribution in [2.75, 3.05) is 0 Å². The maximum absolute atomic E-state index is 8.69. The van der Waals surface area contributed by atoms with Gasteiger partial charge < -0.3 is 19.0 Å². The van der Waals surface area contributed by atoms with E-state index >= 15 is 0 Å². The van der Waals surface area contributed by atoms with Crippen LogP contribution < -0.4 is 0 Å². The van der Waals surface area contributed by atoms with Crippen molar-refractivity contribution in [1.82, 2.24) is 4.57 Å². The molecule has 0 aliphatic carbocycles. The minimum Gasteiger partial charge on any atom is -0.390 e. The fourth-order valence-electron chi connectivity index (χ4n) is 1.02. The molecule has 1 rings (SSSR count). The Morgan fingerprint density at radius 2 is 1.67 bits per heavy atom. The zero-order chi connectivity index (χ0) is 9.03. The Morgan fingerprint density at radius 1 is 1.08 bits per heavy atom. The van der Waals surface area contributed by atoms with Crippen LogP contribution in [-0.4, -0.2) is 27.8 Å². The van der Waals surface area contributed by atoms with E-state index in [1.54, 1.807) is 0 Å². The first-order valence-electron chi connectivity index (χ1n) is 3.86. The van der Waals surface area contributed by atoms with E-state index < -0.39 is 8.80 Å². The van der Waals surface area contributed by atoms with E-state index in [9.17, 15) is 0 Å². The van der Waals surface area contributed by atoms with Crippen LogP contribution in [-0.2, 0) is 6.54 Å². The molecule has 1 aromatic heterocycles. The maximum atomic E-state index is 8.69. The molecule has 0 saturated heterocycles. The van der Waals surface area contributed by atoms with Crippen LogP contribution in [0, 0.1) is 0 Å². The number of aromatic nitrogens is 1. The van der Waals surface area contributed by atoms with Gasteiger partial charge in [0.25, 0.3) is 0 Å². The third-order valence-corrected chi connectivity index (χ3v) is 2.62. The van der Waals surface area contributed by atoms with E-state index in [0.29, 0.717) is 13.0 Å². The molecular formula is C7H13NO3Si. The summed E-state index contributed by atoms with van der Waals surface area (Å²) >= 11 is 0. The molecule has 3 N–H and O–H groups in total. The van der Waals surface area contributed by atoms with Crippen LogP contribution in [0.5, 0.6) is 0 Å². The van der Waals surface area contributed by atoms with E-state index in [0.717, 1.165) is 0 Å². The van der Waals surface area contributed by atoms with E-state index in [-0.39, 0.29) is 6.04 Å². The van der Waals surface area contributed by atoms with Crippen molar-refractivity contribution in [2.45, 2.75) is 19.0 Å². The summed E-state index contributed by atoms with van der Waals surface area (Å²) in [4.78, 5) is 26.1. The summed E-state index contributed by atoms with van der Waals surface area (Å²) in [7, 11) is -3.80. The molecule has 1 heterocycles. The summed E-state index contributed by atoms with van der Waals surface area (Å²) in [5, 5.41) is 0. The minimum absolute atomic E-state index is 0.102. The lowest BCUT2D eigenvalue weighted by atomic mass is 10.5. The van der Waals surface area contributed by atoms with Crippen LogP contribution in [0.2, 0.25) is 6.04 Å². The van der Waals surface area contributed by atoms with Gasteiger partial charge in [0.15, 0.2) is 0 Å². The monoisotopic (exact) mass is 187 g/mol. The van der Waals surface area contributed by atoms with E-state index in [1.165, 1.54) is 0 Å². The average Bonchev–Trinajstić information content (AvgIpc) is 2.36. The molecule has 0 unspecified atom stereocenters. The maximum Gasteiger partial charge on any atom is 0.492 e. The molecule has 0 aliphatic rings. The zero-order valence-electron chi connectivity index (χ0n) is 6.72. The molecule has 0 aromatic carbocycles. The molecule has 4 nitrogen and oxygen atoms in total. The molecule has 0 radical (unpaired) electrons. The third-order valence-electron chi connectivity index (χ3n) is 1.59. The van der Waals surface area contributed by atoms with E-state index in [2.05, 4.69) is 0 Å². The highest BCUT2D eigenvalue weighted by molar-refractivity contribution is 6.56. The smallest absolute Gasteiger partial charge is 0.390 e. The Balaban J connectivity index is 2.20. The molecule has 0 aliphatic heterocycles. The van der Waals surface area contributed by atoms with Crippen LogP contribution in [0.25, 0.3) is 0 Å².